The molecule has 5 rings (SSSR count). The van der Waals surface area contributed by atoms with E-state index in [4.69, 9.17) is 16.6 Å². The standard InChI is InChI=1S/C35H36ClNO4S/c1-34(2,41)29-9-4-3-8-28(29)31(38)20-32(42-22-35(16-17-35)21-33(39)40)25-7-5-6-23(18-25)10-14-27-15-12-24-11-13-26(36)19-30(24)37-27/h3-15,18-19,31-32,38,41H,16-17,20-22H2,1-2H3,(H,39,40)/t31-,32-/m1/s1. The molecule has 218 valence electrons. The second-order valence-electron chi connectivity index (χ2n) is 11.8. The number of benzene rings is 3. The Morgan fingerprint density at radius 1 is 1.05 bits per heavy atom. The van der Waals surface area contributed by atoms with Crippen LogP contribution in [0.15, 0.2) is 78.9 Å². The van der Waals surface area contributed by atoms with E-state index in [-0.39, 0.29) is 17.1 Å². The summed E-state index contributed by atoms with van der Waals surface area (Å²) in [7, 11) is 0. The summed E-state index contributed by atoms with van der Waals surface area (Å²) in [4.78, 5) is 16.2. The van der Waals surface area contributed by atoms with Gasteiger partial charge in [0, 0.05) is 21.4 Å². The molecule has 1 aromatic heterocycles. The monoisotopic (exact) mass is 601 g/mol. The molecule has 42 heavy (non-hydrogen) atoms. The van der Waals surface area contributed by atoms with E-state index in [9.17, 15) is 20.1 Å². The van der Waals surface area contributed by atoms with Gasteiger partial charge in [-0.2, -0.15) is 11.8 Å². The van der Waals surface area contributed by atoms with Crippen LogP contribution in [-0.4, -0.2) is 32.0 Å². The molecule has 1 fully saturated rings. The predicted octanol–water partition coefficient (Wildman–Crippen LogP) is 8.44. The zero-order valence-electron chi connectivity index (χ0n) is 23.8. The minimum Gasteiger partial charge on any atom is -0.481 e. The van der Waals surface area contributed by atoms with E-state index >= 15 is 0 Å². The molecule has 3 N–H and O–H groups in total. The first-order valence-corrected chi connectivity index (χ1v) is 15.6. The molecule has 4 aromatic rings. The second kappa shape index (κ2) is 12.6. The Bertz CT molecular complexity index is 1610. The van der Waals surface area contributed by atoms with Gasteiger partial charge in [-0.1, -0.05) is 78.3 Å². The highest BCUT2D eigenvalue weighted by Crippen LogP contribution is 2.54. The molecular weight excluding hydrogens is 566 g/mol. The summed E-state index contributed by atoms with van der Waals surface area (Å²) in [5.74, 6) is -0.0477. The zero-order valence-corrected chi connectivity index (χ0v) is 25.4. The number of hydrogen-bond donors (Lipinski definition) is 3. The molecular formula is C35H36ClNO4S. The lowest BCUT2D eigenvalue weighted by Gasteiger charge is -2.27. The highest BCUT2D eigenvalue weighted by molar-refractivity contribution is 7.99. The van der Waals surface area contributed by atoms with E-state index in [1.807, 2.05) is 78.9 Å². The van der Waals surface area contributed by atoms with Crippen LogP contribution in [0.3, 0.4) is 0 Å². The summed E-state index contributed by atoms with van der Waals surface area (Å²) in [6.07, 6.45) is 5.63. The lowest BCUT2D eigenvalue weighted by molar-refractivity contribution is -0.138. The fraction of sp³-hybridized carbons (Fsp3) is 0.314. The van der Waals surface area contributed by atoms with Crippen LogP contribution in [0.4, 0.5) is 0 Å². The van der Waals surface area contributed by atoms with E-state index in [1.54, 1.807) is 25.6 Å². The summed E-state index contributed by atoms with van der Waals surface area (Å²) in [6.45, 7) is 3.45. The van der Waals surface area contributed by atoms with Crippen LogP contribution >= 0.6 is 23.4 Å². The number of aliphatic hydroxyl groups is 2. The molecule has 3 aromatic carbocycles. The van der Waals surface area contributed by atoms with E-state index in [0.717, 1.165) is 40.6 Å². The SMILES string of the molecule is CC(C)(O)c1ccccc1[C@H](O)C[C@@H](SCC1(CC(=O)O)CC1)c1cccc(C=Cc2ccc3ccc(Cl)cc3n2)c1. The number of aliphatic carboxylic acids is 1. The number of aliphatic hydroxyl groups excluding tert-OH is 1. The van der Waals surface area contributed by atoms with Crippen LogP contribution in [-0.2, 0) is 10.4 Å². The molecule has 0 spiro atoms. The minimum atomic E-state index is -1.09. The number of nitrogens with zero attached hydrogens (tertiary/aromatic N) is 1. The third-order valence-corrected chi connectivity index (χ3v) is 9.78. The normalized spacial score (nSPS) is 16.0. The average molecular weight is 602 g/mol. The van der Waals surface area contributed by atoms with E-state index in [1.165, 1.54) is 0 Å². The third-order valence-electron chi connectivity index (χ3n) is 7.89. The molecule has 1 aliphatic rings. The summed E-state index contributed by atoms with van der Waals surface area (Å²) in [6, 6.07) is 25.4. The molecule has 0 bridgehead atoms. The van der Waals surface area contributed by atoms with Crippen molar-refractivity contribution in [2.24, 2.45) is 5.41 Å². The lowest BCUT2D eigenvalue weighted by atomic mass is 9.88. The van der Waals surface area contributed by atoms with Gasteiger partial charge in [-0.3, -0.25) is 4.79 Å². The van der Waals surface area contributed by atoms with Gasteiger partial charge in [0.15, 0.2) is 0 Å². The maximum Gasteiger partial charge on any atom is 0.303 e. The van der Waals surface area contributed by atoms with E-state index in [0.29, 0.717) is 28.3 Å². The molecule has 1 aliphatic carbocycles. The molecule has 0 amide bonds. The number of thioether (sulfide) groups is 1. The van der Waals surface area contributed by atoms with Gasteiger partial charge in [-0.05, 0) is 85.1 Å². The van der Waals surface area contributed by atoms with Crippen LogP contribution in [0.1, 0.15) is 78.8 Å². The average Bonchev–Trinajstić information content (AvgIpc) is 3.72. The number of aromatic nitrogens is 1. The zero-order chi connectivity index (χ0) is 29.9. The van der Waals surface area contributed by atoms with Gasteiger partial charge >= 0.3 is 5.97 Å². The number of rotatable bonds is 12. The van der Waals surface area contributed by atoms with Crippen molar-refractivity contribution in [3.63, 3.8) is 0 Å². The summed E-state index contributed by atoms with van der Waals surface area (Å²) >= 11 is 7.87. The summed E-state index contributed by atoms with van der Waals surface area (Å²) in [5.41, 5.74) is 3.87. The summed E-state index contributed by atoms with van der Waals surface area (Å²) < 4.78 is 0. The molecule has 0 aliphatic heterocycles. The Labute approximate surface area is 256 Å². The Kier molecular flexibility index (Phi) is 9.09. The first kappa shape index (κ1) is 30.3. The van der Waals surface area contributed by atoms with E-state index < -0.39 is 17.7 Å². The van der Waals surface area contributed by atoms with Gasteiger partial charge < -0.3 is 15.3 Å². The van der Waals surface area contributed by atoms with Crippen molar-refractivity contribution in [3.8, 4) is 0 Å². The fourth-order valence-electron chi connectivity index (χ4n) is 5.37. The molecule has 7 heteroatoms. The number of carbonyl (C=O) groups is 1. The van der Waals surface area contributed by atoms with Crippen molar-refractivity contribution in [3.05, 3.63) is 112 Å². The van der Waals surface area contributed by atoms with Gasteiger partial charge in [0.25, 0.3) is 0 Å². The van der Waals surface area contributed by atoms with Crippen LogP contribution in [0, 0.1) is 5.41 Å². The number of fused-ring (bicyclic) bond motifs is 1. The van der Waals surface area contributed by atoms with Gasteiger partial charge in [-0.15, -0.1) is 0 Å². The molecule has 0 unspecified atom stereocenters. The van der Waals surface area contributed by atoms with Gasteiger partial charge in [0.05, 0.1) is 29.3 Å². The largest absolute Gasteiger partial charge is 0.481 e. The quantitative estimate of drug-likeness (QED) is 0.151. The van der Waals surface area contributed by atoms with Gasteiger partial charge in [-0.25, -0.2) is 4.98 Å². The second-order valence-corrected chi connectivity index (χ2v) is 13.5. The smallest absolute Gasteiger partial charge is 0.303 e. The molecule has 2 atom stereocenters. The van der Waals surface area contributed by atoms with Gasteiger partial charge in [0.2, 0.25) is 0 Å². The molecule has 5 nitrogen and oxygen atoms in total. The third kappa shape index (κ3) is 7.61. The fourth-order valence-corrected chi connectivity index (χ4v) is 7.13. The highest BCUT2D eigenvalue weighted by atomic mass is 35.5. The lowest BCUT2D eigenvalue weighted by Crippen LogP contribution is -2.20. The van der Waals surface area contributed by atoms with Crippen LogP contribution < -0.4 is 0 Å². The van der Waals surface area contributed by atoms with E-state index in [2.05, 4.69) is 12.1 Å². The van der Waals surface area contributed by atoms with Crippen LogP contribution in [0.2, 0.25) is 5.02 Å². The van der Waals surface area contributed by atoms with Crippen molar-refractivity contribution < 1.29 is 20.1 Å². The number of pyridine rings is 1. The topological polar surface area (TPSA) is 90.7 Å². The first-order chi connectivity index (χ1) is 20.0. The number of halogens is 1. The highest BCUT2D eigenvalue weighted by Gasteiger charge is 2.44. The van der Waals surface area contributed by atoms with Crippen molar-refractivity contribution in [1.29, 1.82) is 0 Å². The van der Waals surface area contributed by atoms with Crippen molar-refractivity contribution >= 4 is 52.4 Å². The number of carboxylic acids is 1. The Morgan fingerprint density at radius 2 is 1.81 bits per heavy atom. The molecule has 1 saturated carbocycles. The predicted molar refractivity (Wildman–Crippen MR) is 173 cm³/mol. The van der Waals surface area contributed by atoms with Crippen molar-refractivity contribution in [2.45, 2.75) is 56.5 Å². The number of hydrogen-bond acceptors (Lipinski definition) is 5. The Hall–Kier alpha value is -3.16. The molecule has 0 saturated heterocycles. The summed E-state index contributed by atoms with van der Waals surface area (Å²) in [5, 5.41) is 33.3. The minimum absolute atomic E-state index is 0.0737. The maximum absolute atomic E-state index is 11.5. The van der Waals surface area contributed by atoms with Crippen LogP contribution in [0.5, 0.6) is 0 Å². The first-order valence-electron chi connectivity index (χ1n) is 14.2. The Morgan fingerprint density at radius 3 is 2.55 bits per heavy atom. The van der Waals surface area contributed by atoms with Crippen LogP contribution in [0.25, 0.3) is 23.1 Å². The van der Waals surface area contributed by atoms with Crippen molar-refractivity contribution in [1.82, 2.24) is 4.98 Å². The molecule has 1 heterocycles. The Balaban J connectivity index is 1.40. The number of carboxylic acid groups (broad SMARTS) is 1. The molecule has 0 radical (unpaired) electrons. The maximum atomic E-state index is 11.5. The van der Waals surface area contributed by atoms with Gasteiger partial charge in [0.1, 0.15) is 0 Å². The van der Waals surface area contributed by atoms with Crippen molar-refractivity contribution in [2.75, 3.05) is 5.75 Å².